The molecule has 0 saturated carbocycles. The Kier molecular flexibility index (Phi) is 5.67. The van der Waals surface area contributed by atoms with E-state index in [-0.39, 0.29) is 24.8 Å². The predicted octanol–water partition coefficient (Wildman–Crippen LogP) is 4.20. The van der Waals surface area contributed by atoms with Crippen LogP contribution in [0.4, 0.5) is 23.8 Å². The molecule has 0 spiro atoms. The number of aromatic nitrogens is 2. The highest BCUT2D eigenvalue weighted by atomic mass is 35.5. The van der Waals surface area contributed by atoms with E-state index in [0.29, 0.717) is 37.4 Å². The number of ether oxygens (including phenoxy) is 1. The van der Waals surface area contributed by atoms with E-state index >= 15 is 0 Å². The first-order chi connectivity index (χ1) is 12.9. The van der Waals surface area contributed by atoms with E-state index in [0.717, 1.165) is 5.56 Å². The van der Waals surface area contributed by atoms with E-state index in [1.54, 1.807) is 25.7 Å². The monoisotopic (exact) mass is 420 g/mol. The van der Waals surface area contributed by atoms with Crippen LogP contribution >= 0.6 is 11.6 Å². The summed E-state index contributed by atoms with van der Waals surface area (Å²) in [6, 6.07) is 0. The van der Waals surface area contributed by atoms with Crippen molar-refractivity contribution in [3.8, 4) is 0 Å². The molecular weight excluding hydrogens is 397 g/mol. The van der Waals surface area contributed by atoms with Gasteiger partial charge in [0.05, 0.1) is 18.2 Å². The van der Waals surface area contributed by atoms with Gasteiger partial charge in [0.2, 0.25) is 5.28 Å². The smallest absolute Gasteiger partial charge is 0.410 e. The minimum atomic E-state index is -4.23. The highest BCUT2D eigenvalue weighted by molar-refractivity contribution is 6.28. The molecule has 0 radical (unpaired) electrons. The van der Waals surface area contributed by atoms with Crippen molar-refractivity contribution in [2.24, 2.45) is 5.92 Å². The summed E-state index contributed by atoms with van der Waals surface area (Å²) >= 11 is 6.06. The van der Waals surface area contributed by atoms with Crippen LogP contribution in [0.25, 0.3) is 0 Å². The van der Waals surface area contributed by atoms with Gasteiger partial charge in [-0.25, -0.2) is 14.8 Å². The van der Waals surface area contributed by atoms with Crippen LogP contribution in [0.3, 0.4) is 0 Å². The average molecular weight is 421 g/mol. The first-order valence-corrected chi connectivity index (χ1v) is 9.67. The lowest BCUT2D eigenvalue weighted by molar-refractivity contribution is -0.176. The molecule has 3 rings (SSSR count). The Morgan fingerprint density at radius 2 is 1.93 bits per heavy atom. The number of nitrogens with zero attached hydrogens (tertiary/aromatic N) is 4. The molecule has 2 aliphatic heterocycles. The number of fused-ring (bicyclic) bond motifs is 1. The second kappa shape index (κ2) is 7.57. The Morgan fingerprint density at radius 1 is 1.21 bits per heavy atom. The van der Waals surface area contributed by atoms with Gasteiger partial charge in [0.25, 0.3) is 0 Å². The Morgan fingerprint density at radius 3 is 2.57 bits per heavy atom. The molecule has 0 aliphatic carbocycles. The topological polar surface area (TPSA) is 58.6 Å². The lowest BCUT2D eigenvalue weighted by atomic mass is 9.96. The van der Waals surface area contributed by atoms with E-state index in [9.17, 15) is 18.0 Å². The lowest BCUT2D eigenvalue weighted by Gasteiger charge is -2.37. The fourth-order valence-electron chi connectivity index (χ4n) is 3.56. The second-order valence-corrected chi connectivity index (χ2v) is 8.56. The van der Waals surface area contributed by atoms with Gasteiger partial charge in [0, 0.05) is 25.2 Å². The van der Waals surface area contributed by atoms with Crippen molar-refractivity contribution >= 4 is 23.5 Å². The third kappa shape index (κ3) is 4.79. The zero-order valence-corrected chi connectivity index (χ0v) is 16.9. The molecule has 28 heavy (non-hydrogen) atoms. The quantitative estimate of drug-likeness (QED) is 0.637. The summed E-state index contributed by atoms with van der Waals surface area (Å²) in [6.07, 6.45) is -3.69. The molecule has 1 atom stereocenters. The van der Waals surface area contributed by atoms with Gasteiger partial charge in [-0.15, -0.1) is 0 Å². The summed E-state index contributed by atoms with van der Waals surface area (Å²) in [5.41, 5.74) is 0.694. The number of amides is 1. The molecular formula is C18H24ClF3N4O2. The molecule has 0 bridgehead atoms. The highest BCUT2D eigenvalue weighted by Crippen LogP contribution is 2.36. The number of rotatable bonds is 1. The third-order valence-electron chi connectivity index (χ3n) is 4.85. The minimum absolute atomic E-state index is 0.0334. The molecule has 1 aromatic rings. The highest BCUT2D eigenvalue weighted by Gasteiger charge is 2.42. The van der Waals surface area contributed by atoms with Crippen LogP contribution < -0.4 is 4.90 Å². The third-order valence-corrected chi connectivity index (χ3v) is 5.02. The summed E-state index contributed by atoms with van der Waals surface area (Å²) in [5, 5.41) is -0.0334. The summed E-state index contributed by atoms with van der Waals surface area (Å²) in [4.78, 5) is 24.0. The normalized spacial score (nSPS) is 20.8. The van der Waals surface area contributed by atoms with Crippen molar-refractivity contribution in [3.05, 3.63) is 16.5 Å². The van der Waals surface area contributed by atoms with E-state index in [1.165, 1.54) is 4.90 Å². The van der Waals surface area contributed by atoms with Gasteiger partial charge < -0.3 is 14.5 Å². The van der Waals surface area contributed by atoms with Gasteiger partial charge >= 0.3 is 12.3 Å². The number of halogens is 4. The maximum absolute atomic E-state index is 13.2. The molecule has 0 N–H and O–H groups in total. The SMILES string of the molecule is CC(C)(C)OC(=O)N1CCc2c(nc(Cl)nc2N2CCCC(C(F)(F)F)C2)C1. The van der Waals surface area contributed by atoms with Gasteiger partial charge in [-0.1, -0.05) is 0 Å². The maximum atomic E-state index is 13.2. The van der Waals surface area contributed by atoms with Crippen molar-refractivity contribution in [3.63, 3.8) is 0 Å². The number of anilines is 1. The number of hydrogen-bond acceptors (Lipinski definition) is 5. The van der Waals surface area contributed by atoms with Crippen LogP contribution in [0, 0.1) is 5.92 Å². The summed E-state index contributed by atoms with van der Waals surface area (Å²) < 4.78 is 44.9. The van der Waals surface area contributed by atoms with E-state index < -0.39 is 23.8 Å². The summed E-state index contributed by atoms with van der Waals surface area (Å²) in [7, 11) is 0. The van der Waals surface area contributed by atoms with Gasteiger partial charge in [0.15, 0.2) is 0 Å². The fourth-order valence-corrected chi connectivity index (χ4v) is 3.74. The average Bonchev–Trinajstić information content (AvgIpc) is 2.58. The molecule has 1 amide bonds. The number of hydrogen-bond donors (Lipinski definition) is 0. The van der Waals surface area contributed by atoms with Crippen LogP contribution in [0.5, 0.6) is 0 Å². The molecule has 156 valence electrons. The first-order valence-electron chi connectivity index (χ1n) is 9.29. The number of alkyl halides is 3. The fraction of sp³-hybridized carbons (Fsp3) is 0.722. The lowest BCUT2D eigenvalue weighted by Crippen LogP contribution is -2.44. The van der Waals surface area contributed by atoms with Crippen molar-refractivity contribution < 1.29 is 22.7 Å². The molecule has 6 nitrogen and oxygen atoms in total. The zero-order chi connectivity index (χ0) is 20.7. The van der Waals surface area contributed by atoms with E-state index in [2.05, 4.69) is 9.97 Å². The minimum Gasteiger partial charge on any atom is -0.444 e. The van der Waals surface area contributed by atoms with Crippen LogP contribution in [-0.2, 0) is 17.7 Å². The number of carbonyl (C=O) groups excluding carboxylic acids is 1. The molecule has 0 aromatic carbocycles. The first kappa shape index (κ1) is 21.0. The largest absolute Gasteiger partial charge is 0.444 e. The predicted molar refractivity (Wildman–Crippen MR) is 98.4 cm³/mol. The molecule has 1 aromatic heterocycles. The van der Waals surface area contributed by atoms with Crippen LogP contribution in [0.15, 0.2) is 0 Å². The second-order valence-electron chi connectivity index (χ2n) is 8.22. The van der Waals surface area contributed by atoms with Crippen molar-refractivity contribution in [1.29, 1.82) is 0 Å². The van der Waals surface area contributed by atoms with Gasteiger partial charge in [-0.3, -0.25) is 0 Å². The van der Waals surface area contributed by atoms with Gasteiger partial charge in [-0.2, -0.15) is 13.2 Å². The van der Waals surface area contributed by atoms with Crippen LogP contribution in [0.2, 0.25) is 5.28 Å². The Hall–Kier alpha value is -1.77. The number of carbonyl (C=O) groups is 1. The molecule has 3 heterocycles. The Balaban J connectivity index is 1.83. The standard InChI is InChI=1S/C18H24ClF3N4O2/c1-17(2,3)28-16(27)26-8-6-12-13(10-26)23-15(19)24-14(12)25-7-4-5-11(9-25)18(20,21)22/h11H,4-10H2,1-3H3. The van der Waals surface area contributed by atoms with Crippen LogP contribution in [-0.4, -0.2) is 52.4 Å². The van der Waals surface area contributed by atoms with Gasteiger partial charge in [0.1, 0.15) is 11.4 Å². The van der Waals surface area contributed by atoms with Crippen molar-refractivity contribution in [2.45, 2.75) is 58.4 Å². The zero-order valence-electron chi connectivity index (χ0n) is 16.1. The molecule has 1 unspecified atom stereocenters. The van der Waals surface area contributed by atoms with E-state index in [1.807, 2.05) is 0 Å². The molecule has 1 saturated heterocycles. The van der Waals surface area contributed by atoms with Crippen molar-refractivity contribution in [1.82, 2.24) is 14.9 Å². The van der Waals surface area contributed by atoms with Crippen molar-refractivity contribution in [2.75, 3.05) is 24.5 Å². The molecule has 10 heteroatoms. The number of piperidine rings is 1. The summed E-state index contributed by atoms with van der Waals surface area (Å²) in [5.74, 6) is -0.930. The summed E-state index contributed by atoms with van der Waals surface area (Å²) in [6.45, 7) is 6.28. The van der Waals surface area contributed by atoms with Crippen LogP contribution in [0.1, 0.15) is 44.9 Å². The molecule has 1 fully saturated rings. The van der Waals surface area contributed by atoms with E-state index in [4.69, 9.17) is 16.3 Å². The van der Waals surface area contributed by atoms with Gasteiger partial charge in [-0.05, 0) is 51.6 Å². The Labute approximate surface area is 167 Å². The molecule has 2 aliphatic rings. The maximum Gasteiger partial charge on any atom is 0.410 e. The Bertz CT molecular complexity index is 752.